The molecule has 0 atom stereocenters. The lowest BCUT2D eigenvalue weighted by molar-refractivity contribution is 0.995. The summed E-state index contributed by atoms with van der Waals surface area (Å²) in [5, 5.41) is 15.0. The van der Waals surface area contributed by atoms with Gasteiger partial charge in [0, 0.05) is 88.0 Å². The molecule has 23 rings (SSSR count). The lowest BCUT2D eigenvalue weighted by atomic mass is 9.94. The molecule has 17 aromatic carbocycles. The number of benzene rings is 17. The summed E-state index contributed by atoms with van der Waals surface area (Å²) in [5.41, 5.74) is 24.3. The molecule has 0 radical (unpaired) electrons. The third-order valence-electron chi connectivity index (χ3n) is 22.1. The Balaban J connectivity index is 0.000000136. The van der Waals surface area contributed by atoms with Crippen molar-refractivity contribution >= 4 is 109 Å². The fraction of sp³-hybridized carbons (Fsp3) is 0. The van der Waals surface area contributed by atoms with Crippen LogP contribution in [-0.2, 0) is 0 Å². The van der Waals surface area contributed by atoms with E-state index in [0.29, 0.717) is 23.4 Å². The predicted octanol–water partition coefficient (Wildman–Crippen LogP) is 25.6. The van der Waals surface area contributed by atoms with Crippen molar-refractivity contribution in [2.75, 3.05) is 0 Å². The molecule has 0 fully saturated rings. The summed E-state index contributed by atoms with van der Waals surface area (Å²) < 4.78 is 9.39. The van der Waals surface area contributed by atoms with Crippen molar-refractivity contribution in [2.24, 2.45) is 0 Å². The summed E-state index contributed by atoms with van der Waals surface area (Å²) >= 11 is 0. The van der Waals surface area contributed by atoms with Crippen LogP contribution in [0.15, 0.2) is 382 Å². The van der Waals surface area contributed by atoms with Gasteiger partial charge in [-0.2, -0.15) is 0 Å². The molecule has 0 aliphatic rings. The second kappa shape index (κ2) is 25.4. The molecule has 9 nitrogen and oxygen atoms in total. The van der Waals surface area contributed by atoms with Gasteiger partial charge in [-0.05, 0) is 159 Å². The fourth-order valence-electron chi connectivity index (χ4n) is 17.1. The first-order valence-corrected chi connectivity index (χ1v) is 37.3. The molecule has 6 heterocycles. The van der Waals surface area contributed by atoms with Crippen molar-refractivity contribution in [2.45, 2.75) is 0 Å². The molecule has 0 bridgehead atoms. The molecule has 0 aliphatic heterocycles. The van der Waals surface area contributed by atoms with E-state index in [0.717, 1.165) is 67.0 Å². The molecular weight excluding hydrogens is 1340 g/mol. The van der Waals surface area contributed by atoms with Gasteiger partial charge in [0.05, 0.1) is 55.5 Å². The van der Waals surface area contributed by atoms with Gasteiger partial charge in [-0.25, -0.2) is 24.9 Å². The molecular formula is C101H63N9. The molecule has 512 valence electrons. The van der Waals surface area contributed by atoms with Gasteiger partial charge in [-0.15, -0.1) is 0 Å². The lowest BCUT2D eigenvalue weighted by Gasteiger charge is -2.12. The number of hydrogen-bond donors (Lipinski definition) is 0. The predicted molar refractivity (Wildman–Crippen MR) is 455 cm³/mol. The van der Waals surface area contributed by atoms with Crippen molar-refractivity contribution in [1.29, 1.82) is 0 Å². The lowest BCUT2D eigenvalue weighted by Crippen LogP contribution is -2.03. The van der Waals surface area contributed by atoms with Gasteiger partial charge in [0.15, 0.2) is 17.5 Å². The van der Waals surface area contributed by atoms with Crippen LogP contribution in [0.1, 0.15) is 0 Å². The highest BCUT2D eigenvalue weighted by Gasteiger charge is 2.25. The average molecular weight is 1400 g/mol. The second-order valence-electron chi connectivity index (χ2n) is 28.3. The summed E-state index contributed by atoms with van der Waals surface area (Å²) in [6, 6.07) is 136. The van der Waals surface area contributed by atoms with E-state index in [1.165, 1.54) is 120 Å². The van der Waals surface area contributed by atoms with Gasteiger partial charge in [0.1, 0.15) is 0 Å². The minimum absolute atomic E-state index is 0.639. The largest absolute Gasteiger partial charge is 0.309 e. The third kappa shape index (κ3) is 10.1. The van der Waals surface area contributed by atoms with Gasteiger partial charge >= 0.3 is 0 Å². The van der Waals surface area contributed by atoms with Crippen LogP contribution in [0, 0.1) is 0 Å². The zero-order valence-electron chi connectivity index (χ0n) is 59.4. The third-order valence-corrected chi connectivity index (χ3v) is 22.1. The highest BCUT2D eigenvalue weighted by molar-refractivity contribution is 6.28. The van der Waals surface area contributed by atoms with Crippen molar-refractivity contribution in [3.05, 3.63) is 382 Å². The topological polar surface area (TPSA) is 84.2 Å². The molecule has 0 unspecified atom stereocenters. The van der Waals surface area contributed by atoms with E-state index >= 15 is 0 Å². The van der Waals surface area contributed by atoms with Crippen molar-refractivity contribution in [1.82, 2.24) is 43.2 Å². The summed E-state index contributed by atoms with van der Waals surface area (Å²) in [6.45, 7) is 0. The van der Waals surface area contributed by atoms with Gasteiger partial charge < -0.3 is 13.7 Å². The van der Waals surface area contributed by atoms with Crippen molar-refractivity contribution in [3.8, 4) is 102 Å². The average Bonchev–Trinajstić information content (AvgIpc) is 1.56. The Bertz CT molecular complexity index is 7360. The van der Waals surface area contributed by atoms with Crippen LogP contribution >= 0.6 is 0 Å². The highest BCUT2D eigenvalue weighted by atomic mass is 15.2. The minimum atomic E-state index is 0.639. The molecule has 0 saturated heterocycles. The Labute approximate surface area is 632 Å². The van der Waals surface area contributed by atoms with Gasteiger partial charge in [-0.1, -0.05) is 267 Å². The monoisotopic (exact) mass is 1400 g/mol. The van der Waals surface area contributed by atoms with Crippen LogP contribution in [0.3, 0.4) is 0 Å². The Morgan fingerprint density at radius 3 is 0.955 bits per heavy atom. The smallest absolute Gasteiger partial charge is 0.235 e. The number of nitrogens with zero attached hydrogens (tertiary/aromatic N) is 9. The van der Waals surface area contributed by atoms with E-state index in [-0.39, 0.29) is 0 Å². The van der Waals surface area contributed by atoms with Gasteiger partial charge in [0.25, 0.3) is 0 Å². The summed E-state index contributed by atoms with van der Waals surface area (Å²) in [6.07, 6.45) is 0. The molecule has 0 saturated carbocycles. The Morgan fingerprint density at radius 2 is 0.500 bits per heavy atom. The maximum Gasteiger partial charge on any atom is 0.235 e. The zero-order valence-corrected chi connectivity index (χ0v) is 59.4. The van der Waals surface area contributed by atoms with Crippen LogP contribution in [0.4, 0.5) is 0 Å². The normalized spacial score (nSPS) is 11.8. The molecule has 0 N–H and O–H groups in total. The number of aromatic nitrogens is 9. The summed E-state index contributed by atoms with van der Waals surface area (Å²) in [5.74, 6) is 2.59. The van der Waals surface area contributed by atoms with Gasteiger partial charge in [-0.3, -0.25) is 4.57 Å². The zero-order chi connectivity index (χ0) is 72.3. The Morgan fingerprint density at radius 1 is 0.173 bits per heavy atom. The number of fused-ring (bicyclic) bond motifs is 6. The standard InChI is InChI=1S/C53H33N5.C48H30N4/c1-4-13-35(14-5-1)51-54-52(36-15-6-2-7-16-36)56-53(55-51)37-23-27-40(28-24-37)57-45-21-11-10-20-42(45)44-33-38(26-31-46(44)57)41-30-32-48-50-43(41)29-25-34-17-12-22-47(49(34)50)58(48)39-18-8-3-9-19-39;1-4-13-31(14-5-1)40-30-41(32-15-6-2-7-16-32)50-48(49-40)52-42-21-11-10-20-37(42)39-29-34(24-27-43(39)52)36-26-28-45-47-38(36)25-23-33-17-12-22-44(46(33)47)51(45)35-18-8-3-9-19-35/h1-33H;1-30H. The van der Waals surface area contributed by atoms with E-state index in [4.69, 9.17) is 24.9 Å². The van der Waals surface area contributed by atoms with E-state index in [1.54, 1.807) is 0 Å². The molecule has 110 heavy (non-hydrogen) atoms. The van der Waals surface area contributed by atoms with Crippen LogP contribution in [0.2, 0.25) is 0 Å². The Hall–Kier alpha value is -14.9. The van der Waals surface area contributed by atoms with E-state index in [9.17, 15) is 0 Å². The second-order valence-corrected chi connectivity index (χ2v) is 28.3. The number of rotatable bonds is 11. The molecule has 6 aromatic heterocycles. The SMILES string of the molecule is c1ccc(-c2cc(-c3ccccc3)nc(-n3c4ccccc4c4cc(-c5ccc6c7c5ccc5cccc(c57)n6-c5ccccc5)ccc43)n2)cc1.c1ccc(-c2nc(-c3ccccc3)nc(-c3ccc(-n4c5ccccc5c5cc(-c6ccc7c8c6ccc6cccc(c68)n7-c6ccccc6)ccc54)cc3)n2)cc1. The molecule has 0 amide bonds. The maximum atomic E-state index is 5.22. The van der Waals surface area contributed by atoms with Crippen LogP contribution < -0.4 is 0 Å². The molecule has 9 heteroatoms. The van der Waals surface area contributed by atoms with Crippen LogP contribution in [0.5, 0.6) is 0 Å². The molecule has 0 aliphatic carbocycles. The first-order valence-electron chi connectivity index (χ1n) is 37.3. The first kappa shape index (κ1) is 62.4. The summed E-state index contributed by atoms with van der Waals surface area (Å²) in [7, 11) is 0. The van der Waals surface area contributed by atoms with Crippen molar-refractivity contribution in [3.63, 3.8) is 0 Å². The van der Waals surface area contributed by atoms with E-state index in [1.807, 2.05) is 72.8 Å². The van der Waals surface area contributed by atoms with Crippen molar-refractivity contribution < 1.29 is 0 Å². The Kier molecular flexibility index (Phi) is 14.4. The summed E-state index contributed by atoms with van der Waals surface area (Å²) in [4.78, 5) is 25.2. The number of hydrogen-bond acceptors (Lipinski definition) is 5. The maximum absolute atomic E-state index is 5.22. The molecule has 0 spiro atoms. The van der Waals surface area contributed by atoms with E-state index in [2.05, 4.69) is 328 Å². The number of para-hydroxylation sites is 4. The highest BCUT2D eigenvalue weighted by Crippen LogP contribution is 2.47. The molecule has 23 aromatic rings. The minimum Gasteiger partial charge on any atom is -0.309 e. The quantitative estimate of drug-likeness (QED) is 0.121. The fourth-order valence-corrected chi connectivity index (χ4v) is 17.1. The van der Waals surface area contributed by atoms with Gasteiger partial charge in [0.2, 0.25) is 5.95 Å². The van der Waals surface area contributed by atoms with E-state index < -0.39 is 0 Å². The van der Waals surface area contributed by atoms with Crippen LogP contribution in [-0.4, -0.2) is 43.2 Å². The first-order chi connectivity index (χ1) is 54.6. The van der Waals surface area contributed by atoms with Crippen LogP contribution in [0.25, 0.3) is 211 Å².